The van der Waals surface area contributed by atoms with Gasteiger partial charge in [-0.1, -0.05) is 72.8 Å². The largest absolute Gasteiger partial charge is 0.497 e. The predicted molar refractivity (Wildman–Crippen MR) is 113 cm³/mol. The lowest BCUT2D eigenvalue weighted by atomic mass is 9.75. The van der Waals surface area contributed by atoms with Crippen LogP contribution >= 0.6 is 0 Å². The summed E-state index contributed by atoms with van der Waals surface area (Å²) < 4.78 is 5.15. The Hall–Kier alpha value is -3.64. The number of methoxy groups -OCH3 is 1. The Bertz CT molecular complexity index is 949. The van der Waals surface area contributed by atoms with Crippen LogP contribution in [-0.2, 0) is 15.0 Å². The third kappa shape index (κ3) is 4.18. The molecule has 0 aromatic heterocycles. The molecule has 0 saturated heterocycles. The first kappa shape index (κ1) is 21.1. The minimum atomic E-state index is -1.08. The van der Waals surface area contributed by atoms with E-state index in [1.54, 1.807) is 36.9 Å². The summed E-state index contributed by atoms with van der Waals surface area (Å²) in [5, 5.41) is 12.0. The minimum absolute atomic E-state index is 0.371. The lowest BCUT2D eigenvalue weighted by Gasteiger charge is -2.31. The van der Waals surface area contributed by atoms with Gasteiger partial charge in [0.15, 0.2) is 0 Å². The Morgan fingerprint density at radius 2 is 1.37 bits per heavy atom. The highest BCUT2D eigenvalue weighted by Crippen LogP contribution is 2.33. The summed E-state index contributed by atoms with van der Waals surface area (Å²) in [5.74, 6) is -0.493. The fourth-order valence-electron chi connectivity index (χ4n) is 3.41. The van der Waals surface area contributed by atoms with Crippen molar-refractivity contribution in [3.05, 3.63) is 102 Å². The smallest absolute Gasteiger partial charge is 0.270 e. The van der Waals surface area contributed by atoms with Crippen LogP contribution in [0.1, 0.15) is 29.7 Å². The number of hydroxylamine groups is 1. The molecule has 0 heterocycles. The molecular formula is C24H24N2O4. The molecule has 0 fully saturated rings. The Labute approximate surface area is 175 Å². The number of carbonyl (C=O) groups is 2. The number of rotatable bonds is 7. The standard InChI is InChI=1S/C24H24N2O4/c1-24(18-9-5-3-6-10-18,19-11-7-4-8-12-19)23(28)25-21(22(27)26-29)17-13-15-20(30-2)16-14-17/h3-16,21,29H,1-2H3,(H,25,28)(H,26,27). The van der Waals surface area contributed by atoms with Gasteiger partial charge in [0.1, 0.15) is 11.8 Å². The zero-order chi connectivity index (χ0) is 21.6. The third-order valence-electron chi connectivity index (χ3n) is 5.25. The lowest BCUT2D eigenvalue weighted by molar-refractivity contribution is -0.136. The van der Waals surface area contributed by atoms with Gasteiger partial charge in [0.2, 0.25) is 5.91 Å². The Kier molecular flexibility index (Phi) is 6.49. The maximum atomic E-state index is 13.6. The number of hydrogen-bond acceptors (Lipinski definition) is 4. The molecule has 0 radical (unpaired) electrons. The molecule has 0 bridgehead atoms. The van der Waals surface area contributed by atoms with Crippen molar-refractivity contribution < 1.29 is 19.5 Å². The molecule has 0 spiro atoms. The molecule has 0 aliphatic carbocycles. The van der Waals surface area contributed by atoms with Crippen molar-refractivity contribution in [1.29, 1.82) is 0 Å². The quantitative estimate of drug-likeness (QED) is 0.416. The van der Waals surface area contributed by atoms with Gasteiger partial charge in [0.05, 0.1) is 12.5 Å². The second kappa shape index (κ2) is 9.24. The summed E-state index contributed by atoms with van der Waals surface area (Å²) in [4.78, 5) is 26.0. The van der Waals surface area contributed by atoms with E-state index in [0.717, 1.165) is 11.1 Å². The number of amides is 2. The van der Waals surface area contributed by atoms with Gasteiger partial charge in [-0.3, -0.25) is 14.8 Å². The Morgan fingerprint density at radius 1 is 0.867 bits per heavy atom. The van der Waals surface area contributed by atoms with Crippen molar-refractivity contribution in [1.82, 2.24) is 10.8 Å². The van der Waals surface area contributed by atoms with Gasteiger partial charge in [-0.05, 0) is 35.7 Å². The van der Waals surface area contributed by atoms with E-state index in [4.69, 9.17) is 4.74 Å². The first-order valence-electron chi connectivity index (χ1n) is 9.50. The number of nitrogens with one attached hydrogen (secondary N) is 2. The molecule has 0 aliphatic heterocycles. The molecule has 30 heavy (non-hydrogen) atoms. The van der Waals surface area contributed by atoms with Crippen LogP contribution < -0.4 is 15.5 Å². The highest BCUT2D eigenvalue weighted by molar-refractivity contribution is 5.95. The molecule has 0 saturated carbocycles. The fraction of sp³-hybridized carbons (Fsp3) is 0.167. The summed E-state index contributed by atoms with van der Waals surface area (Å²) in [6.45, 7) is 1.81. The van der Waals surface area contributed by atoms with Crippen LogP contribution in [0, 0.1) is 0 Å². The van der Waals surface area contributed by atoms with E-state index in [1.165, 1.54) is 0 Å². The molecule has 154 valence electrons. The van der Waals surface area contributed by atoms with E-state index in [1.807, 2.05) is 67.6 Å². The maximum absolute atomic E-state index is 13.6. The topological polar surface area (TPSA) is 87.7 Å². The van der Waals surface area contributed by atoms with Crippen molar-refractivity contribution >= 4 is 11.8 Å². The fourth-order valence-corrected chi connectivity index (χ4v) is 3.41. The summed E-state index contributed by atoms with van der Waals surface area (Å²) in [6.07, 6.45) is 0. The van der Waals surface area contributed by atoms with E-state index in [-0.39, 0.29) is 5.91 Å². The predicted octanol–water partition coefficient (Wildman–Crippen LogP) is 3.36. The number of hydrogen-bond donors (Lipinski definition) is 3. The number of benzene rings is 3. The lowest BCUT2D eigenvalue weighted by Crippen LogP contribution is -2.48. The van der Waals surface area contributed by atoms with E-state index in [0.29, 0.717) is 11.3 Å². The normalized spacial score (nSPS) is 12.0. The molecule has 1 atom stereocenters. The average Bonchev–Trinajstić information content (AvgIpc) is 2.82. The van der Waals surface area contributed by atoms with Crippen molar-refractivity contribution in [2.75, 3.05) is 7.11 Å². The van der Waals surface area contributed by atoms with Gasteiger partial charge in [0.25, 0.3) is 5.91 Å². The first-order chi connectivity index (χ1) is 14.5. The number of carbonyl (C=O) groups excluding carboxylic acids is 2. The Morgan fingerprint density at radius 3 is 1.80 bits per heavy atom. The van der Waals surface area contributed by atoms with E-state index in [9.17, 15) is 14.8 Å². The van der Waals surface area contributed by atoms with Gasteiger partial charge < -0.3 is 10.1 Å². The molecule has 2 amide bonds. The number of ether oxygens (including phenoxy) is 1. The van der Waals surface area contributed by atoms with Gasteiger partial charge in [-0.25, -0.2) is 5.48 Å². The van der Waals surface area contributed by atoms with E-state index in [2.05, 4.69) is 5.32 Å². The summed E-state index contributed by atoms with van der Waals surface area (Å²) >= 11 is 0. The zero-order valence-electron chi connectivity index (χ0n) is 16.8. The van der Waals surface area contributed by atoms with Crippen LogP contribution in [0.15, 0.2) is 84.9 Å². The van der Waals surface area contributed by atoms with Gasteiger partial charge in [0, 0.05) is 0 Å². The second-order valence-corrected chi connectivity index (χ2v) is 7.01. The molecule has 3 rings (SSSR count). The van der Waals surface area contributed by atoms with Crippen LogP contribution in [0.2, 0.25) is 0 Å². The first-order valence-corrected chi connectivity index (χ1v) is 9.50. The van der Waals surface area contributed by atoms with E-state index < -0.39 is 17.4 Å². The van der Waals surface area contributed by atoms with Crippen molar-refractivity contribution in [3.63, 3.8) is 0 Å². The maximum Gasteiger partial charge on any atom is 0.270 e. The highest BCUT2D eigenvalue weighted by Gasteiger charge is 2.39. The van der Waals surface area contributed by atoms with Gasteiger partial charge in [-0.2, -0.15) is 0 Å². The molecule has 0 aliphatic rings. The molecule has 6 nitrogen and oxygen atoms in total. The summed E-state index contributed by atoms with van der Waals surface area (Å²) in [7, 11) is 1.54. The summed E-state index contributed by atoms with van der Waals surface area (Å²) in [6, 6.07) is 24.4. The summed E-state index contributed by atoms with van der Waals surface area (Å²) in [5.41, 5.74) is 2.67. The Balaban J connectivity index is 2.01. The molecule has 3 aromatic carbocycles. The van der Waals surface area contributed by atoms with Crippen molar-refractivity contribution in [3.8, 4) is 5.75 Å². The highest BCUT2D eigenvalue weighted by atomic mass is 16.5. The van der Waals surface area contributed by atoms with Crippen molar-refractivity contribution in [2.45, 2.75) is 18.4 Å². The molecule has 6 heteroatoms. The van der Waals surface area contributed by atoms with Crippen LogP contribution in [0.3, 0.4) is 0 Å². The second-order valence-electron chi connectivity index (χ2n) is 7.01. The minimum Gasteiger partial charge on any atom is -0.497 e. The van der Waals surface area contributed by atoms with Crippen LogP contribution in [0.4, 0.5) is 0 Å². The molecular weight excluding hydrogens is 380 g/mol. The van der Waals surface area contributed by atoms with Crippen LogP contribution in [-0.4, -0.2) is 24.1 Å². The molecule has 1 unspecified atom stereocenters. The van der Waals surface area contributed by atoms with Crippen LogP contribution in [0.5, 0.6) is 5.75 Å². The SMILES string of the molecule is COc1ccc(C(NC(=O)C(C)(c2ccccc2)c2ccccc2)C(=O)NO)cc1. The monoisotopic (exact) mass is 404 g/mol. The average molecular weight is 404 g/mol. The molecule has 3 aromatic rings. The van der Waals surface area contributed by atoms with Crippen LogP contribution in [0.25, 0.3) is 0 Å². The zero-order valence-corrected chi connectivity index (χ0v) is 16.8. The van der Waals surface area contributed by atoms with E-state index >= 15 is 0 Å². The third-order valence-corrected chi connectivity index (χ3v) is 5.25. The molecule has 3 N–H and O–H groups in total. The van der Waals surface area contributed by atoms with Gasteiger partial charge in [-0.15, -0.1) is 0 Å². The van der Waals surface area contributed by atoms with Gasteiger partial charge >= 0.3 is 0 Å². The van der Waals surface area contributed by atoms with Crippen molar-refractivity contribution in [2.24, 2.45) is 0 Å².